The molecule has 3 heterocycles. The largest absolute Gasteiger partial charge is 0.451 e. The molecule has 0 saturated heterocycles. The summed E-state index contributed by atoms with van der Waals surface area (Å²) >= 11 is 3.04. The Morgan fingerprint density at radius 3 is 2.95 bits per heavy atom. The van der Waals surface area contributed by atoms with E-state index >= 15 is 0 Å². The van der Waals surface area contributed by atoms with Crippen LogP contribution in [0.3, 0.4) is 0 Å². The highest BCUT2D eigenvalue weighted by molar-refractivity contribution is 7.98. The van der Waals surface area contributed by atoms with Crippen LogP contribution >= 0.6 is 23.1 Å². The molecule has 0 spiro atoms. The quantitative estimate of drug-likeness (QED) is 0.525. The molecule has 0 bridgehead atoms. The summed E-state index contributed by atoms with van der Waals surface area (Å²) in [7, 11) is 0. The van der Waals surface area contributed by atoms with Gasteiger partial charge in [0.25, 0.3) is 11.1 Å². The molecule has 0 radical (unpaired) electrons. The molecule has 0 amide bonds. The van der Waals surface area contributed by atoms with Gasteiger partial charge in [0.15, 0.2) is 5.76 Å². The van der Waals surface area contributed by atoms with Crippen molar-refractivity contribution in [2.75, 3.05) is 0 Å². The number of aromatic nitrogens is 3. The highest BCUT2D eigenvalue weighted by Gasteiger charge is 2.14. The predicted octanol–water partition coefficient (Wildman–Crippen LogP) is 4.23. The summed E-state index contributed by atoms with van der Waals surface area (Å²) in [5.41, 5.74) is 3.62. The molecule has 0 atom stereocenters. The molecule has 104 valence electrons. The van der Waals surface area contributed by atoms with Crippen molar-refractivity contribution in [3.05, 3.63) is 46.9 Å². The van der Waals surface area contributed by atoms with Crippen molar-refractivity contribution in [3.8, 4) is 11.7 Å². The van der Waals surface area contributed by atoms with Crippen molar-refractivity contribution in [1.82, 2.24) is 15.2 Å². The van der Waals surface area contributed by atoms with Crippen molar-refractivity contribution in [2.24, 2.45) is 0 Å². The number of hydrogen-bond donors (Lipinski definition) is 0. The van der Waals surface area contributed by atoms with Crippen molar-refractivity contribution < 1.29 is 8.83 Å². The molecule has 3 aromatic heterocycles. The summed E-state index contributed by atoms with van der Waals surface area (Å²) < 4.78 is 11.3. The molecule has 7 heteroatoms. The molecule has 0 saturated carbocycles. The summed E-state index contributed by atoms with van der Waals surface area (Å²) in [6.45, 7) is 0. The number of nitrogens with zero attached hydrogens (tertiary/aromatic N) is 3. The molecule has 21 heavy (non-hydrogen) atoms. The Morgan fingerprint density at radius 1 is 1.14 bits per heavy atom. The number of benzene rings is 1. The van der Waals surface area contributed by atoms with Crippen LogP contribution in [0.2, 0.25) is 0 Å². The van der Waals surface area contributed by atoms with Crippen LogP contribution in [-0.2, 0) is 5.75 Å². The summed E-state index contributed by atoms with van der Waals surface area (Å²) in [5, 5.41) is 11.6. The monoisotopic (exact) mass is 315 g/mol. The summed E-state index contributed by atoms with van der Waals surface area (Å²) in [4.78, 5) is 4.21. The van der Waals surface area contributed by atoms with E-state index in [0.29, 0.717) is 22.6 Å². The predicted molar refractivity (Wildman–Crippen MR) is 81.2 cm³/mol. The number of rotatable bonds is 4. The van der Waals surface area contributed by atoms with Gasteiger partial charge in [0.05, 0.1) is 11.2 Å². The van der Waals surface area contributed by atoms with Gasteiger partial charge < -0.3 is 8.83 Å². The molecule has 0 fully saturated rings. The zero-order chi connectivity index (χ0) is 14.1. The van der Waals surface area contributed by atoms with Gasteiger partial charge in [-0.1, -0.05) is 30.0 Å². The number of furan rings is 1. The zero-order valence-electron chi connectivity index (χ0n) is 10.7. The van der Waals surface area contributed by atoms with Crippen molar-refractivity contribution in [2.45, 2.75) is 11.0 Å². The number of para-hydroxylation sites is 1. The number of hydrogen-bond acceptors (Lipinski definition) is 7. The van der Waals surface area contributed by atoms with E-state index in [2.05, 4.69) is 15.2 Å². The maximum atomic E-state index is 5.70. The molecule has 1 aromatic carbocycles. The van der Waals surface area contributed by atoms with E-state index in [4.69, 9.17) is 8.83 Å². The highest BCUT2D eigenvalue weighted by atomic mass is 32.2. The second-order valence-corrected chi connectivity index (χ2v) is 5.94. The fourth-order valence-corrected chi connectivity index (χ4v) is 3.23. The number of thiazole rings is 1. The van der Waals surface area contributed by atoms with Gasteiger partial charge in [-0.2, -0.15) is 0 Å². The zero-order valence-corrected chi connectivity index (χ0v) is 12.4. The number of thioether (sulfide) groups is 1. The van der Waals surface area contributed by atoms with Gasteiger partial charge in [-0.05, 0) is 12.1 Å². The van der Waals surface area contributed by atoms with E-state index in [-0.39, 0.29) is 0 Å². The lowest BCUT2D eigenvalue weighted by Crippen LogP contribution is -1.79. The van der Waals surface area contributed by atoms with Gasteiger partial charge in [0.1, 0.15) is 5.58 Å². The number of fused-ring (bicyclic) bond motifs is 1. The normalized spacial score (nSPS) is 11.2. The molecule has 0 aliphatic rings. The van der Waals surface area contributed by atoms with Crippen LogP contribution in [-0.4, -0.2) is 15.2 Å². The molecule has 0 unspecified atom stereocenters. The Bertz CT molecular complexity index is 834. The molecule has 4 aromatic rings. The maximum absolute atomic E-state index is 5.70. The lowest BCUT2D eigenvalue weighted by atomic mass is 10.2. The van der Waals surface area contributed by atoms with Crippen LogP contribution in [0.1, 0.15) is 5.69 Å². The van der Waals surface area contributed by atoms with E-state index in [0.717, 1.165) is 16.7 Å². The maximum Gasteiger partial charge on any atom is 0.284 e. The van der Waals surface area contributed by atoms with Gasteiger partial charge >= 0.3 is 0 Å². The van der Waals surface area contributed by atoms with Crippen molar-refractivity contribution in [3.63, 3.8) is 0 Å². The van der Waals surface area contributed by atoms with E-state index < -0.39 is 0 Å². The Kier molecular flexibility index (Phi) is 3.21. The minimum Gasteiger partial charge on any atom is -0.451 e. The third-order valence-corrected chi connectivity index (χ3v) is 4.36. The fraction of sp³-hybridized carbons (Fsp3) is 0.0714. The second kappa shape index (κ2) is 5.34. The van der Waals surface area contributed by atoms with Crippen LogP contribution in [0.5, 0.6) is 0 Å². The standard InChI is InChI=1S/C14H9N3O2S2/c1-2-4-11-9(3-1)5-12(18-11)13-16-17-14(19-13)21-7-10-6-20-8-15-10/h1-6,8H,7H2. The summed E-state index contributed by atoms with van der Waals surface area (Å²) in [6, 6.07) is 9.69. The Hall–Kier alpha value is -2.12. The van der Waals surface area contributed by atoms with Crippen LogP contribution < -0.4 is 0 Å². The molecule has 4 rings (SSSR count). The van der Waals surface area contributed by atoms with Crippen LogP contribution in [0.25, 0.3) is 22.6 Å². The minimum absolute atomic E-state index is 0.395. The van der Waals surface area contributed by atoms with Crippen molar-refractivity contribution in [1.29, 1.82) is 0 Å². The lowest BCUT2D eigenvalue weighted by Gasteiger charge is -1.91. The van der Waals surface area contributed by atoms with Crippen LogP contribution in [0.15, 0.2) is 55.3 Å². The minimum atomic E-state index is 0.395. The highest BCUT2D eigenvalue weighted by Crippen LogP contribution is 2.29. The Labute approximate surface area is 128 Å². The Morgan fingerprint density at radius 2 is 2.10 bits per heavy atom. The lowest BCUT2D eigenvalue weighted by molar-refractivity contribution is 0.451. The average molecular weight is 315 g/mol. The van der Waals surface area contributed by atoms with E-state index in [1.165, 1.54) is 11.8 Å². The van der Waals surface area contributed by atoms with E-state index in [1.54, 1.807) is 11.3 Å². The van der Waals surface area contributed by atoms with Gasteiger partial charge in [-0.25, -0.2) is 4.98 Å². The van der Waals surface area contributed by atoms with Gasteiger partial charge in [0, 0.05) is 16.5 Å². The third-order valence-electron chi connectivity index (χ3n) is 2.87. The molecule has 0 aliphatic heterocycles. The van der Waals surface area contributed by atoms with Gasteiger partial charge in [0.2, 0.25) is 0 Å². The molecular formula is C14H9N3O2S2. The van der Waals surface area contributed by atoms with Crippen molar-refractivity contribution >= 4 is 34.1 Å². The first-order valence-corrected chi connectivity index (χ1v) is 8.14. The summed E-state index contributed by atoms with van der Waals surface area (Å²) in [5.74, 6) is 1.70. The second-order valence-electron chi connectivity index (χ2n) is 4.29. The van der Waals surface area contributed by atoms with Crippen LogP contribution in [0, 0.1) is 0 Å². The Balaban J connectivity index is 1.56. The first kappa shape index (κ1) is 12.6. The molecular weight excluding hydrogens is 306 g/mol. The SMILES string of the molecule is c1ccc2oc(-c3nnc(SCc4cscn4)o3)cc2c1. The van der Waals surface area contributed by atoms with E-state index in [1.807, 2.05) is 41.2 Å². The van der Waals surface area contributed by atoms with Gasteiger partial charge in [-0.3, -0.25) is 0 Å². The van der Waals surface area contributed by atoms with Gasteiger partial charge in [-0.15, -0.1) is 21.5 Å². The van der Waals surface area contributed by atoms with Crippen LogP contribution in [0.4, 0.5) is 0 Å². The third kappa shape index (κ3) is 2.57. The average Bonchev–Trinajstić information content (AvgIpc) is 3.24. The smallest absolute Gasteiger partial charge is 0.284 e. The first-order valence-electron chi connectivity index (χ1n) is 6.21. The van der Waals surface area contributed by atoms with E-state index in [9.17, 15) is 0 Å². The fourth-order valence-electron chi connectivity index (χ4n) is 1.90. The first-order chi connectivity index (χ1) is 10.4. The molecule has 0 aliphatic carbocycles. The summed E-state index contributed by atoms with van der Waals surface area (Å²) in [6.07, 6.45) is 0. The topological polar surface area (TPSA) is 65.0 Å². The molecule has 0 N–H and O–H groups in total. The molecule has 5 nitrogen and oxygen atoms in total.